The Balaban J connectivity index is 1.75. The van der Waals surface area contributed by atoms with E-state index in [9.17, 15) is 4.79 Å². The second kappa shape index (κ2) is 4.87. The van der Waals surface area contributed by atoms with Crippen molar-refractivity contribution in [3.05, 3.63) is 29.3 Å². The second-order valence-corrected chi connectivity index (χ2v) is 5.94. The summed E-state index contributed by atoms with van der Waals surface area (Å²) < 4.78 is 0. The molecule has 2 fully saturated rings. The van der Waals surface area contributed by atoms with Gasteiger partial charge in [-0.05, 0) is 55.4 Å². The summed E-state index contributed by atoms with van der Waals surface area (Å²) in [6.45, 7) is 3.98. The van der Waals surface area contributed by atoms with Gasteiger partial charge in [-0.15, -0.1) is 0 Å². The number of anilines is 1. The van der Waals surface area contributed by atoms with Gasteiger partial charge in [0.1, 0.15) is 0 Å². The molecule has 1 amide bonds. The minimum Gasteiger partial charge on any atom is -0.388 e. The number of hydrogen-bond acceptors (Lipinski definition) is 2. The second-order valence-electron chi connectivity index (χ2n) is 5.94. The first kappa shape index (κ1) is 12.5. The lowest BCUT2D eigenvalue weighted by Crippen LogP contribution is -2.29. The molecule has 2 unspecified atom stereocenters. The third kappa shape index (κ3) is 2.22. The van der Waals surface area contributed by atoms with Gasteiger partial charge in [-0.25, -0.2) is 0 Å². The molecule has 0 aromatic heterocycles. The number of likely N-dealkylation sites (tertiary alicyclic amines) is 1. The Morgan fingerprint density at radius 1 is 1.26 bits per heavy atom. The largest absolute Gasteiger partial charge is 0.388 e. The Kier molecular flexibility index (Phi) is 3.21. The predicted molar refractivity (Wildman–Crippen MR) is 77.5 cm³/mol. The Hall–Kier alpha value is -1.51. The van der Waals surface area contributed by atoms with Crippen LogP contribution in [0.2, 0.25) is 0 Å². The van der Waals surface area contributed by atoms with E-state index in [0.717, 1.165) is 41.7 Å². The topological polar surface area (TPSA) is 32.3 Å². The van der Waals surface area contributed by atoms with Gasteiger partial charge in [0.15, 0.2) is 0 Å². The summed E-state index contributed by atoms with van der Waals surface area (Å²) >= 11 is 0. The van der Waals surface area contributed by atoms with Crippen LogP contribution in [0.25, 0.3) is 0 Å². The molecule has 1 aliphatic carbocycles. The lowest BCUT2D eigenvalue weighted by Gasteiger charge is -2.18. The molecule has 1 saturated heterocycles. The Morgan fingerprint density at radius 3 is 2.53 bits per heavy atom. The molecule has 1 heterocycles. The highest BCUT2D eigenvalue weighted by Gasteiger charge is 2.38. The van der Waals surface area contributed by atoms with Crippen molar-refractivity contribution in [3.8, 4) is 0 Å². The van der Waals surface area contributed by atoms with Crippen molar-refractivity contribution >= 4 is 11.6 Å². The van der Waals surface area contributed by atoms with Crippen LogP contribution in [0.4, 0.5) is 5.69 Å². The SMILES string of the molecule is CNc1ccc(C(=O)N2CC3CCCC3C2)cc1C. The van der Waals surface area contributed by atoms with E-state index in [1.54, 1.807) is 0 Å². The minimum absolute atomic E-state index is 0.208. The molecule has 1 aliphatic heterocycles. The van der Waals surface area contributed by atoms with Crippen molar-refractivity contribution in [1.82, 2.24) is 4.90 Å². The molecule has 2 atom stereocenters. The van der Waals surface area contributed by atoms with Gasteiger partial charge < -0.3 is 10.2 Å². The van der Waals surface area contributed by atoms with Gasteiger partial charge in [0.05, 0.1) is 0 Å². The lowest BCUT2D eigenvalue weighted by atomic mass is 10.0. The fourth-order valence-electron chi connectivity index (χ4n) is 3.66. The number of rotatable bonds is 2. The molecule has 2 aliphatic rings. The van der Waals surface area contributed by atoms with E-state index in [1.165, 1.54) is 19.3 Å². The number of nitrogens with zero attached hydrogens (tertiary/aromatic N) is 1. The lowest BCUT2D eigenvalue weighted by molar-refractivity contribution is 0.0780. The summed E-state index contributed by atoms with van der Waals surface area (Å²) in [5.74, 6) is 1.74. The highest BCUT2D eigenvalue weighted by Crippen LogP contribution is 2.38. The third-order valence-corrected chi connectivity index (χ3v) is 4.76. The van der Waals surface area contributed by atoms with E-state index >= 15 is 0 Å². The molecule has 1 saturated carbocycles. The minimum atomic E-state index is 0.208. The molecule has 1 aromatic rings. The normalized spacial score (nSPS) is 25.5. The predicted octanol–water partition coefficient (Wildman–Crippen LogP) is 2.91. The number of fused-ring (bicyclic) bond motifs is 1. The number of aryl methyl sites for hydroxylation is 1. The van der Waals surface area contributed by atoms with Crippen LogP contribution < -0.4 is 5.32 Å². The van der Waals surface area contributed by atoms with Crippen LogP contribution in [0.3, 0.4) is 0 Å². The van der Waals surface area contributed by atoms with Crippen molar-refractivity contribution in [2.24, 2.45) is 11.8 Å². The number of nitrogens with one attached hydrogen (secondary N) is 1. The van der Waals surface area contributed by atoms with Crippen LogP contribution in [0.15, 0.2) is 18.2 Å². The summed E-state index contributed by atoms with van der Waals surface area (Å²) in [5, 5.41) is 3.14. The Bertz CT molecular complexity index is 486. The maximum absolute atomic E-state index is 12.5. The number of carbonyl (C=O) groups is 1. The standard InChI is InChI=1S/C16H22N2O/c1-11-8-12(6-7-15(11)17-2)16(19)18-9-13-4-3-5-14(13)10-18/h6-8,13-14,17H,3-5,9-10H2,1-2H3. The molecule has 19 heavy (non-hydrogen) atoms. The maximum atomic E-state index is 12.5. The summed E-state index contributed by atoms with van der Waals surface area (Å²) in [7, 11) is 1.91. The first-order valence-corrected chi connectivity index (χ1v) is 7.26. The van der Waals surface area contributed by atoms with Gasteiger partial charge in [-0.3, -0.25) is 4.79 Å². The number of hydrogen-bond donors (Lipinski definition) is 1. The van der Waals surface area contributed by atoms with Crippen LogP contribution in [0, 0.1) is 18.8 Å². The Morgan fingerprint density at radius 2 is 1.95 bits per heavy atom. The van der Waals surface area contributed by atoms with Gasteiger partial charge >= 0.3 is 0 Å². The third-order valence-electron chi connectivity index (χ3n) is 4.76. The fourth-order valence-corrected chi connectivity index (χ4v) is 3.66. The average molecular weight is 258 g/mol. The van der Waals surface area contributed by atoms with Crippen molar-refractivity contribution in [3.63, 3.8) is 0 Å². The highest BCUT2D eigenvalue weighted by molar-refractivity contribution is 5.95. The molecule has 0 bridgehead atoms. The van der Waals surface area contributed by atoms with Gasteiger partial charge in [-0.1, -0.05) is 6.42 Å². The molecule has 0 radical (unpaired) electrons. The van der Waals surface area contributed by atoms with E-state index < -0.39 is 0 Å². The summed E-state index contributed by atoms with van der Waals surface area (Å²) in [5.41, 5.74) is 3.05. The summed E-state index contributed by atoms with van der Waals surface area (Å²) in [6.07, 6.45) is 3.98. The van der Waals surface area contributed by atoms with Gasteiger partial charge in [0.2, 0.25) is 0 Å². The molecule has 1 aromatic carbocycles. The Labute approximate surface area is 115 Å². The van der Waals surface area contributed by atoms with Crippen molar-refractivity contribution in [2.75, 3.05) is 25.5 Å². The van der Waals surface area contributed by atoms with Gasteiger partial charge in [0, 0.05) is 31.4 Å². The van der Waals surface area contributed by atoms with Crippen molar-refractivity contribution in [1.29, 1.82) is 0 Å². The molecule has 0 spiro atoms. The summed E-state index contributed by atoms with van der Waals surface area (Å²) in [6, 6.07) is 5.94. The van der Waals surface area contributed by atoms with E-state index in [1.807, 2.05) is 32.2 Å². The molecular weight excluding hydrogens is 236 g/mol. The van der Waals surface area contributed by atoms with Crippen molar-refractivity contribution < 1.29 is 4.79 Å². The van der Waals surface area contributed by atoms with E-state index in [4.69, 9.17) is 0 Å². The zero-order valence-corrected chi connectivity index (χ0v) is 11.8. The highest BCUT2D eigenvalue weighted by atomic mass is 16.2. The van der Waals surface area contributed by atoms with Crippen molar-refractivity contribution in [2.45, 2.75) is 26.2 Å². The van der Waals surface area contributed by atoms with E-state index in [0.29, 0.717) is 0 Å². The van der Waals surface area contributed by atoms with E-state index in [2.05, 4.69) is 10.2 Å². The first-order valence-electron chi connectivity index (χ1n) is 7.26. The smallest absolute Gasteiger partial charge is 0.253 e. The van der Waals surface area contributed by atoms with Crippen LogP contribution in [-0.4, -0.2) is 30.9 Å². The molecular formula is C16H22N2O. The zero-order valence-electron chi connectivity index (χ0n) is 11.8. The molecule has 3 nitrogen and oxygen atoms in total. The molecule has 1 N–H and O–H groups in total. The molecule has 102 valence electrons. The van der Waals surface area contributed by atoms with Crippen LogP contribution in [-0.2, 0) is 0 Å². The van der Waals surface area contributed by atoms with Gasteiger partial charge in [0.25, 0.3) is 5.91 Å². The van der Waals surface area contributed by atoms with Gasteiger partial charge in [-0.2, -0.15) is 0 Å². The maximum Gasteiger partial charge on any atom is 0.253 e. The zero-order chi connectivity index (χ0) is 13.4. The van der Waals surface area contributed by atoms with E-state index in [-0.39, 0.29) is 5.91 Å². The first-order chi connectivity index (χ1) is 9.19. The van der Waals surface area contributed by atoms with Crippen LogP contribution in [0.1, 0.15) is 35.2 Å². The quantitative estimate of drug-likeness (QED) is 0.884. The summed E-state index contributed by atoms with van der Waals surface area (Å²) in [4.78, 5) is 14.6. The average Bonchev–Trinajstić information content (AvgIpc) is 2.98. The monoisotopic (exact) mass is 258 g/mol. The number of amides is 1. The molecule has 3 rings (SSSR count). The van der Waals surface area contributed by atoms with Crippen LogP contribution in [0.5, 0.6) is 0 Å². The molecule has 3 heteroatoms. The number of carbonyl (C=O) groups excluding carboxylic acids is 1. The fraction of sp³-hybridized carbons (Fsp3) is 0.562. The number of benzene rings is 1. The van der Waals surface area contributed by atoms with Crippen LogP contribution >= 0.6 is 0 Å².